The minimum atomic E-state index is -3.67. The first-order valence-electron chi connectivity index (χ1n) is 1.37. The standard InChI is InChI=1S/CHF3.H4NO2P/c2-1(3)4;1-4(2)3/h1H;4H,(H3,1,2,3). The van der Waals surface area contributed by atoms with Gasteiger partial charge in [-0.2, -0.15) is 13.2 Å². The molecule has 0 fully saturated rings. The van der Waals surface area contributed by atoms with Crippen molar-refractivity contribution < 1.29 is 22.6 Å². The Kier molecular flexibility index (Phi) is 9.40. The largest absolute Gasteiger partial charge is 0.379 e. The molecule has 0 saturated heterocycles. The SMILES string of the molecule is FC(F)F.N[PH](=O)O. The maximum atomic E-state index is 9.67. The van der Waals surface area contributed by atoms with Gasteiger partial charge in [-0.3, -0.25) is 10.1 Å². The molecule has 0 rings (SSSR count). The highest BCUT2D eigenvalue weighted by molar-refractivity contribution is 7.35. The quantitative estimate of drug-likeness (QED) is 0.495. The number of nitrogens with two attached hydrogens (primary N) is 1. The molecule has 0 bridgehead atoms. The third-order valence-electron chi connectivity index (χ3n) is 0. The third kappa shape index (κ3) is 40300. The van der Waals surface area contributed by atoms with Crippen molar-refractivity contribution in [2.24, 2.45) is 5.50 Å². The molecular formula is CH5F3NO2P. The van der Waals surface area contributed by atoms with E-state index in [9.17, 15) is 13.2 Å². The van der Waals surface area contributed by atoms with Gasteiger partial charge in [-0.25, -0.2) is 0 Å². The van der Waals surface area contributed by atoms with Gasteiger partial charge in [0.1, 0.15) is 0 Å². The van der Waals surface area contributed by atoms with Crippen LogP contribution in [-0.4, -0.2) is 11.6 Å². The van der Waals surface area contributed by atoms with E-state index in [1.165, 1.54) is 0 Å². The Bertz CT molecular complexity index is 61.5. The lowest BCUT2D eigenvalue weighted by Gasteiger charge is -1.65. The molecular weight excluding hydrogens is 146 g/mol. The van der Waals surface area contributed by atoms with Crippen LogP contribution < -0.4 is 5.50 Å². The summed E-state index contributed by atoms with van der Waals surface area (Å²) in [6, 6.07) is 0. The lowest BCUT2D eigenvalue weighted by molar-refractivity contribution is 0.00819. The second kappa shape index (κ2) is 6.94. The molecule has 3 N–H and O–H groups in total. The summed E-state index contributed by atoms with van der Waals surface area (Å²) in [6.07, 6.45) is 0. The van der Waals surface area contributed by atoms with Gasteiger partial charge >= 0.3 is 6.68 Å². The van der Waals surface area contributed by atoms with E-state index in [2.05, 4.69) is 5.50 Å². The van der Waals surface area contributed by atoms with Gasteiger partial charge in [-0.05, 0) is 0 Å². The minimum Gasteiger partial charge on any atom is -0.336 e. The molecule has 0 radical (unpaired) electrons. The summed E-state index contributed by atoms with van der Waals surface area (Å²) in [7, 11) is -2.63. The summed E-state index contributed by atoms with van der Waals surface area (Å²) in [6.45, 7) is -3.67. The van der Waals surface area contributed by atoms with E-state index in [0.717, 1.165) is 0 Å². The average Bonchev–Trinajstić information content (AvgIpc) is 1.25. The Morgan fingerprint density at radius 2 is 1.50 bits per heavy atom. The average molecular weight is 151 g/mol. The first-order valence-corrected chi connectivity index (χ1v) is 2.80. The summed E-state index contributed by atoms with van der Waals surface area (Å²) >= 11 is 0. The molecule has 0 aliphatic heterocycles. The highest BCUT2D eigenvalue weighted by Crippen LogP contribution is 1.91. The summed E-state index contributed by atoms with van der Waals surface area (Å²) in [4.78, 5) is 7.38. The van der Waals surface area contributed by atoms with Crippen LogP contribution in [0.4, 0.5) is 13.2 Å². The molecule has 0 aromatic rings. The van der Waals surface area contributed by atoms with Crippen LogP contribution in [0.5, 0.6) is 0 Å². The Morgan fingerprint density at radius 3 is 1.50 bits per heavy atom. The van der Waals surface area contributed by atoms with Gasteiger partial charge in [-0.15, -0.1) is 0 Å². The second-order valence-corrected chi connectivity index (χ2v) is 1.26. The van der Waals surface area contributed by atoms with E-state index in [1.54, 1.807) is 0 Å². The van der Waals surface area contributed by atoms with Crippen LogP contribution in [0.2, 0.25) is 0 Å². The molecule has 0 saturated carbocycles. The molecule has 1 unspecified atom stereocenters. The smallest absolute Gasteiger partial charge is 0.336 e. The van der Waals surface area contributed by atoms with Crippen molar-refractivity contribution in [3.8, 4) is 0 Å². The summed E-state index contributed by atoms with van der Waals surface area (Å²) in [5.41, 5.74) is 4.21. The van der Waals surface area contributed by atoms with Gasteiger partial charge in [0.25, 0.3) is 8.18 Å². The van der Waals surface area contributed by atoms with Crippen LogP contribution in [0, 0.1) is 0 Å². The molecule has 0 aliphatic rings. The van der Waals surface area contributed by atoms with Crippen molar-refractivity contribution in [1.82, 2.24) is 0 Å². The van der Waals surface area contributed by atoms with Crippen molar-refractivity contribution in [3.63, 3.8) is 0 Å². The van der Waals surface area contributed by atoms with E-state index in [0.29, 0.717) is 0 Å². The monoisotopic (exact) mass is 151 g/mol. The van der Waals surface area contributed by atoms with Crippen molar-refractivity contribution in [2.75, 3.05) is 0 Å². The van der Waals surface area contributed by atoms with E-state index in [4.69, 9.17) is 9.46 Å². The number of rotatable bonds is 0. The molecule has 3 nitrogen and oxygen atoms in total. The molecule has 0 amide bonds. The van der Waals surface area contributed by atoms with Crippen molar-refractivity contribution in [3.05, 3.63) is 0 Å². The van der Waals surface area contributed by atoms with Gasteiger partial charge < -0.3 is 4.89 Å². The Labute approximate surface area is 44.2 Å². The zero-order valence-electron chi connectivity index (χ0n) is 3.64. The van der Waals surface area contributed by atoms with E-state index >= 15 is 0 Å². The molecule has 1 atom stereocenters. The van der Waals surface area contributed by atoms with Crippen LogP contribution in [0.1, 0.15) is 0 Å². The number of halogens is 3. The highest BCUT2D eigenvalue weighted by atomic mass is 31.1. The van der Waals surface area contributed by atoms with Gasteiger partial charge in [0.15, 0.2) is 0 Å². The summed E-state index contributed by atoms with van der Waals surface area (Å²) < 4.78 is 38.0. The van der Waals surface area contributed by atoms with Crippen LogP contribution in [0.3, 0.4) is 0 Å². The number of hydrogen-bond acceptors (Lipinski definition) is 1. The Hall–Kier alpha value is -0.0600. The van der Waals surface area contributed by atoms with Crippen LogP contribution in [0.25, 0.3) is 0 Å². The van der Waals surface area contributed by atoms with Crippen molar-refractivity contribution in [1.29, 1.82) is 0 Å². The molecule has 0 aliphatic carbocycles. The van der Waals surface area contributed by atoms with Gasteiger partial charge in [0.05, 0.1) is 0 Å². The van der Waals surface area contributed by atoms with Crippen LogP contribution >= 0.6 is 8.18 Å². The maximum absolute atomic E-state index is 9.67. The topological polar surface area (TPSA) is 63.3 Å². The number of alkyl halides is 3. The fourth-order valence-electron chi connectivity index (χ4n) is 0. The predicted octanol–water partition coefficient (Wildman–Crippen LogP) is 0.506. The van der Waals surface area contributed by atoms with Crippen LogP contribution in [-0.2, 0) is 4.57 Å². The lowest BCUT2D eigenvalue weighted by atomic mass is 11.6. The van der Waals surface area contributed by atoms with E-state index in [1.807, 2.05) is 0 Å². The zero-order chi connectivity index (χ0) is 7.15. The fraction of sp³-hybridized carbons (Fsp3) is 1.00. The fourth-order valence-corrected chi connectivity index (χ4v) is 0. The number of hydrogen-bond donors (Lipinski definition) is 2. The highest BCUT2D eigenvalue weighted by Gasteiger charge is 1.86. The van der Waals surface area contributed by atoms with E-state index < -0.39 is 14.9 Å². The Morgan fingerprint density at radius 1 is 1.50 bits per heavy atom. The molecule has 7 heteroatoms. The first kappa shape index (κ1) is 10.8. The third-order valence-corrected chi connectivity index (χ3v) is 0. The normalized spacial score (nSPS) is 12.2. The minimum absolute atomic E-state index is 2.63. The van der Waals surface area contributed by atoms with Crippen molar-refractivity contribution >= 4 is 8.18 Å². The predicted molar refractivity (Wildman–Crippen MR) is 22.5 cm³/mol. The molecule has 52 valence electrons. The maximum Gasteiger partial charge on any atom is 0.379 e. The van der Waals surface area contributed by atoms with Gasteiger partial charge in [0.2, 0.25) is 0 Å². The van der Waals surface area contributed by atoms with Gasteiger partial charge in [-0.1, -0.05) is 0 Å². The lowest BCUT2D eigenvalue weighted by Crippen LogP contribution is -1.68. The second-order valence-electron chi connectivity index (χ2n) is 0.586. The summed E-state index contributed by atoms with van der Waals surface area (Å²) in [5, 5.41) is 0. The van der Waals surface area contributed by atoms with Gasteiger partial charge in [0, 0.05) is 0 Å². The molecule has 0 aromatic heterocycles. The molecule has 8 heavy (non-hydrogen) atoms. The molecule has 0 aromatic carbocycles. The molecule has 0 spiro atoms. The zero-order valence-corrected chi connectivity index (χ0v) is 4.64. The first-order chi connectivity index (χ1) is 3.46. The molecule has 0 heterocycles. The van der Waals surface area contributed by atoms with E-state index in [-0.39, 0.29) is 0 Å². The summed E-state index contributed by atoms with van der Waals surface area (Å²) in [5.74, 6) is 0. The van der Waals surface area contributed by atoms with Crippen LogP contribution in [0.15, 0.2) is 0 Å². The van der Waals surface area contributed by atoms with Crippen molar-refractivity contribution in [2.45, 2.75) is 6.68 Å². The Balaban J connectivity index is 0.